The molecule has 2 N–H and O–H groups in total. The number of carbonyl (C=O) groups is 1. The lowest BCUT2D eigenvalue weighted by Crippen LogP contribution is -2.31. The molecule has 1 heterocycles. The number of carbonyl (C=O) groups excluding carboxylic acids is 1. The molecule has 0 aliphatic carbocycles. The maximum Gasteiger partial charge on any atom is 0.240 e. The third kappa shape index (κ3) is 5.39. The Kier molecular flexibility index (Phi) is 6.75. The lowest BCUT2D eigenvalue weighted by atomic mass is 10.0. The van der Waals surface area contributed by atoms with E-state index < -0.39 is 10.0 Å². The van der Waals surface area contributed by atoms with Gasteiger partial charge in [-0.15, -0.1) is 11.3 Å². The van der Waals surface area contributed by atoms with Crippen molar-refractivity contribution in [2.45, 2.75) is 37.6 Å². The Morgan fingerprint density at radius 3 is 2.36 bits per heavy atom. The van der Waals surface area contributed by atoms with Gasteiger partial charge in [0.2, 0.25) is 15.9 Å². The fraction of sp³-hybridized carbons (Fsp3) is 0.389. The molecule has 0 bridgehead atoms. The van der Waals surface area contributed by atoms with Crippen LogP contribution >= 0.6 is 11.3 Å². The van der Waals surface area contributed by atoms with Crippen molar-refractivity contribution in [2.24, 2.45) is 5.92 Å². The first-order valence-electron chi connectivity index (χ1n) is 8.18. The highest BCUT2D eigenvalue weighted by atomic mass is 32.2. The van der Waals surface area contributed by atoms with Gasteiger partial charge in [0.05, 0.1) is 10.9 Å². The number of benzene rings is 1. The minimum absolute atomic E-state index is 0.000905. The second-order valence-corrected chi connectivity index (χ2v) is 9.02. The first kappa shape index (κ1) is 19.6. The zero-order valence-corrected chi connectivity index (χ0v) is 16.3. The molecule has 0 fully saturated rings. The summed E-state index contributed by atoms with van der Waals surface area (Å²) in [5.74, 6) is 0.313. The molecule has 7 heteroatoms. The SMILES string of the molecule is CNS(=O)(=O)c1ccc(CCC(=O)NC(c2cccs2)C(C)C)cc1. The van der Waals surface area contributed by atoms with Gasteiger partial charge in [-0.3, -0.25) is 4.79 Å². The van der Waals surface area contributed by atoms with Gasteiger partial charge in [-0.25, -0.2) is 13.1 Å². The molecule has 0 spiro atoms. The normalized spacial score (nSPS) is 13.0. The largest absolute Gasteiger partial charge is 0.348 e. The van der Waals surface area contributed by atoms with Gasteiger partial charge in [0, 0.05) is 11.3 Å². The van der Waals surface area contributed by atoms with Crippen LogP contribution in [0.25, 0.3) is 0 Å². The van der Waals surface area contributed by atoms with E-state index in [1.165, 1.54) is 7.05 Å². The molecule has 1 atom stereocenters. The minimum Gasteiger partial charge on any atom is -0.348 e. The molecule has 2 aromatic rings. The molecule has 1 unspecified atom stereocenters. The van der Waals surface area contributed by atoms with Crippen LogP contribution in [0.15, 0.2) is 46.7 Å². The molecule has 136 valence electrons. The van der Waals surface area contributed by atoms with Crippen molar-refractivity contribution >= 4 is 27.3 Å². The molecule has 0 aliphatic heterocycles. The highest BCUT2D eigenvalue weighted by Gasteiger charge is 2.19. The number of nitrogens with one attached hydrogen (secondary N) is 2. The van der Waals surface area contributed by atoms with E-state index in [-0.39, 0.29) is 16.8 Å². The summed E-state index contributed by atoms with van der Waals surface area (Å²) in [7, 11) is -2.04. The first-order valence-corrected chi connectivity index (χ1v) is 10.5. The topological polar surface area (TPSA) is 75.3 Å². The van der Waals surface area contributed by atoms with Gasteiger partial charge in [-0.2, -0.15) is 0 Å². The highest BCUT2D eigenvalue weighted by Crippen LogP contribution is 2.25. The van der Waals surface area contributed by atoms with E-state index in [0.29, 0.717) is 18.8 Å². The molecule has 25 heavy (non-hydrogen) atoms. The van der Waals surface area contributed by atoms with E-state index >= 15 is 0 Å². The summed E-state index contributed by atoms with van der Waals surface area (Å²) in [6.07, 6.45) is 0.938. The molecular weight excluding hydrogens is 356 g/mol. The molecule has 1 aromatic carbocycles. The van der Waals surface area contributed by atoms with Crippen molar-refractivity contribution in [2.75, 3.05) is 7.05 Å². The minimum atomic E-state index is -3.42. The number of aryl methyl sites for hydroxylation is 1. The van der Waals surface area contributed by atoms with E-state index in [4.69, 9.17) is 0 Å². The van der Waals surface area contributed by atoms with E-state index in [1.807, 2.05) is 17.5 Å². The molecular formula is C18H24N2O3S2. The van der Waals surface area contributed by atoms with Crippen LogP contribution < -0.4 is 10.0 Å². The molecule has 0 saturated carbocycles. The number of hydrogen-bond acceptors (Lipinski definition) is 4. The third-order valence-electron chi connectivity index (χ3n) is 3.98. The van der Waals surface area contributed by atoms with Crippen molar-refractivity contribution < 1.29 is 13.2 Å². The predicted molar refractivity (Wildman–Crippen MR) is 101 cm³/mol. The van der Waals surface area contributed by atoms with Crippen LogP contribution in [-0.2, 0) is 21.2 Å². The number of hydrogen-bond donors (Lipinski definition) is 2. The lowest BCUT2D eigenvalue weighted by Gasteiger charge is -2.21. The zero-order valence-electron chi connectivity index (χ0n) is 14.7. The van der Waals surface area contributed by atoms with Gasteiger partial charge in [-0.05, 0) is 48.5 Å². The molecule has 0 saturated heterocycles. The molecule has 0 radical (unpaired) electrons. The van der Waals surface area contributed by atoms with Crippen molar-refractivity contribution in [1.29, 1.82) is 0 Å². The van der Waals surface area contributed by atoms with Crippen LogP contribution in [0.5, 0.6) is 0 Å². The number of rotatable bonds is 8. The predicted octanol–water partition coefficient (Wildman–Crippen LogP) is 3.10. The molecule has 1 amide bonds. The van der Waals surface area contributed by atoms with Crippen molar-refractivity contribution in [3.63, 3.8) is 0 Å². The number of thiophene rings is 1. The van der Waals surface area contributed by atoms with Crippen LogP contribution in [0, 0.1) is 5.92 Å². The number of sulfonamides is 1. The third-order valence-corrected chi connectivity index (χ3v) is 6.36. The van der Waals surface area contributed by atoms with E-state index in [9.17, 15) is 13.2 Å². The summed E-state index contributed by atoms with van der Waals surface area (Å²) in [4.78, 5) is 13.7. The second kappa shape index (κ2) is 8.60. The lowest BCUT2D eigenvalue weighted by molar-refractivity contribution is -0.122. The van der Waals surface area contributed by atoms with E-state index in [2.05, 4.69) is 23.9 Å². The smallest absolute Gasteiger partial charge is 0.240 e. The summed E-state index contributed by atoms with van der Waals surface area (Å²) < 4.78 is 25.7. The first-order chi connectivity index (χ1) is 11.8. The molecule has 5 nitrogen and oxygen atoms in total. The Hall–Kier alpha value is -1.70. The Bertz CT molecular complexity index is 782. The highest BCUT2D eigenvalue weighted by molar-refractivity contribution is 7.89. The fourth-order valence-corrected chi connectivity index (χ4v) is 4.17. The quantitative estimate of drug-likeness (QED) is 0.739. The maximum atomic E-state index is 12.3. The molecule has 1 aromatic heterocycles. The van der Waals surface area contributed by atoms with Gasteiger partial charge in [0.1, 0.15) is 0 Å². The van der Waals surface area contributed by atoms with E-state index in [0.717, 1.165) is 10.4 Å². The van der Waals surface area contributed by atoms with Crippen LogP contribution in [0.4, 0.5) is 0 Å². The van der Waals surface area contributed by atoms with Gasteiger partial charge >= 0.3 is 0 Å². The maximum absolute atomic E-state index is 12.3. The van der Waals surface area contributed by atoms with Crippen molar-refractivity contribution in [1.82, 2.24) is 10.0 Å². The Balaban J connectivity index is 1.93. The summed E-state index contributed by atoms with van der Waals surface area (Å²) in [6.45, 7) is 4.18. The average molecular weight is 381 g/mol. The van der Waals surface area contributed by atoms with Gasteiger partial charge in [0.25, 0.3) is 0 Å². The monoisotopic (exact) mass is 380 g/mol. The standard InChI is InChI=1S/C18H24N2O3S2/c1-13(2)18(16-5-4-12-24-16)20-17(21)11-8-14-6-9-15(10-7-14)25(22,23)19-3/h4-7,9-10,12-13,18-19H,8,11H2,1-3H3,(H,20,21). The summed E-state index contributed by atoms with van der Waals surface area (Å²) in [5.41, 5.74) is 0.933. The van der Waals surface area contributed by atoms with Crippen molar-refractivity contribution in [3.05, 3.63) is 52.2 Å². The van der Waals surface area contributed by atoms with Gasteiger partial charge < -0.3 is 5.32 Å². The summed E-state index contributed by atoms with van der Waals surface area (Å²) in [6, 6.07) is 10.7. The number of amides is 1. The van der Waals surface area contributed by atoms with Crippen LogP contribution in [0.1, 0.15) is 36.8 Å². The second-order valence-electron chi connectivity index (χ2n) is 6.16. The van der Waals surface area contributed by atoms with Crippen LogP contribution in [-0.4, -0.2) is 21.4 Å². The Labute approximate surface area is 153 Å². The summed E-state index contributed by atoms with van der Waals surface area (Å²) in [5, 5.41) is 5.11. The van der Waals surface area contributed by atoms with Gasteiger partial charge in [0.15, 0.2) is 0 Å². The zero-order chi connectivity index (χ0) is 18.4. The summed E-state index contributed by atoms with van der Waals surface area (Å²) >= 11 is 1.64. The molecule has 0 aliphatic rings. The van der Waals surface area contributed by atoms with Gasteiger partial charge in [-0.1, -0.05) is 32.0 Å². The van der Waals surface area contributed by atoms with Crippen LogP contribution in [0.2, 0.25) is 0 Å². The molecule has 2 rings (SSSR count). The van der Waals surface area contributed by atoms with E-state index in [1.54, 1.807) is 35.6 Å². The Morgan fingerprint density at radius 1 is 1.16 bits per heavy atom. The Morgan fingerprint density at radius 2 is 1.84 bits per heavy atom. The fourth-order valence-electron chi connectivity index (χ4n) is 2.49. The van der Waals surface area contributed by atoms with Crippen LogP contribution in [0.3, 0.4) is 0 Å². The van der Waals surface area contributed by atoms with Crippen molar-refractivity contribution in [3.8, 4) is 0 Å². The average Bonchev–Trinajstić information content (AvgIpc) is 3.12.